The molecule has 1 aliphatic heterocycles. The normalized spacial score (nSPS) is 14.4. The highest BCUT2D eigenvalue weighted by molar-refractivity contribution is 6.39. The summed E-state index contributed by atoms with van der Waals surface area (Å²) in [5.41, 5.74) is 2.11. The predicted octanol–water partition coefficient (Wildman–Crippen LogP) is 2.09. The molecule has 3 rings (SSSR count). The van der Waals surface area contributed by atoms with E-state index in [0.29, 0.717) is 24.6 Å². The Hall–Kier alpha value is -2.96. The number of hydrogen-bond donors (Lipinski definition) is 1. The number of hydrogen-bond acceptors (Lipinski definition) is 5. The molecule has 0 atom stereocenters. The molecule has 2 aromatic rings. The van der Waals surface area contributed by atoms with Crippen molar-refractivity contribution in [3.8, 4) is 0 Å². The van der Waals surface area contributed by atoms with Crippen molar-refractivity contribution in [2.24, 2.45) is 5.10 Å². The van der Waals surface area contributed by atoms with Gasteiger partial charge in [0.2, 0.25) is 11.8 Å². The van der Waals surface area contributed by atoms with E-state index in [-0.39, 0.29) is 24.8 Å². The van der Waals surface area contributed by atoms with E-state index in [0.717, 1.165) is 17.0 Å². The molecule has 25 heavy (non-hydrogen) atoms. The maximum Gasteiger partial charge on any atom is 0.267 e. The van der Waals surface area contributed by atoms with Crippen LogP contribution < -0.4 is 5.32 Å². The molecule has 1 aromatic carbocycles. The molecule has 1 aliphatic rings. The summed E-state index contributed by atoms with van der Waals surface area (Å²) < 4.78 is 5.44. The number of nitrogens with zero attached hydrogens (tertiary/aromatic N) is 3. The number of carbonyl (C=O) groups excluding carboxylic acids is 2. The van der Waals surface area contributed by atoms with Gasteiger partial charge in [0, 0.05) is 12.8 Å². The van der Waals surface area contributed by atoms with Crippen molar-refractivity contribution >= 4 is 17.5 Å². The van der Waals surface area contributed by atoms with Crippen molar-refractivity contribution in [1.29, 1.82) is 0 Å². The van der Waals surface area contributed by atoms with Crippen LogP contribution in [0.1, 0.15) is 35.7 Å². The molecule has 0 spiro atoms. The monoisotopic (exact) mass is 340 g/mol. The van der Waals surface area contributed by atoms with Crippen molar-refractivity contribution in [3.63, 3.8) is 0 Å². The smallest absolute Gasteiger partial charge is 0.267 e. The van der Waals surface area contributed by atoms with Crippen LogP contribution in [0.4, 0.5) is 0 Å². The fourth-order valence-corrected chi connectivity index (χ4v) is 2.52. The SMILES string of the molecule is Cc1nc(CNC(=O)C2=NN(Cc3ccccc3)C(=O)CC2)oc1C. The molecule has 0 unspecified atom stereocenters. The number of carbonyl (C=O) groups is 2. The van der Waals surface area contributed by atoms with Crippen LogP contribution in [0.3, 0.4) is 0 Å². The first kappa shape index (κ1) is 16.9. The molecular weight excluding hydrogens is 320 g/mol. The topological polar surface area (TPSA) is 87.8 Å². The van der Waals surface area contributed by atoms with Gasteiger partial charge in [0.15, 0.2) is 0 Å². The van der Waals surface area contributed by atoms with Crippen molar-refractivity contribution in [2.75, 3.05) is 0 Å². The molecular formula is C18H20N4O3. The van der Waals surface area contributed by atoms with Gasteiger partial charge in [-0.25, -0.2) is 9.99 Å². The Morgan fingerprint density at radius 1 is 1.24 bits per heavy atom. The Bertz CT molecular complexity index is 791. The Morgan fingerprint density at radius 3 is 2.68 bits per heavy atom. The Kier molecular flexibility index (Phi) is 4.92. The predicted molar refractivity (Wildman–Crippen MR) is 91.5 cm³/mol. The van der Waals surface area contributed by atoms with Crippen LogP contribution in [-0.4, -0.2) is 27.5 Å². The quantitative estimate of drug-likeness (QED) is 0.903. The number of oxazole rings is 1. The first-order valence-corrected chi connectivity index (χ1v) is 8.16. The highest BCUT2D eigenvalue weighted by atomic mass is 16.4. The Labute approximate surface area is 145 Å². The summed E-state index contributed by atoms with van der Waals surface area (Å²) in [4.78, 5) is 28.6. The number of nitrogens with one attached hydrogen (secondary N) is 1. The maximum atomic E-state index is 12.3. The minimum atomic E-state index is -0.306. The summed E-state index contributed by atoms with van der Waals surface area (Å²) in [6, 6.07) is 9.56. The van der Waals surface area contributed by atoms with Gasteiger partial charge in [-0.15, -0.1) is 0 Å². The average Bonchev–Trinajstić information content (AvgIpc) is 2.93. The summed E-state index contributed by atoms with van der Waals surface area (Å²) in [5.74, 6) is 0.800. The molecule has 1 N–H and O–H groups in total. The second-order valence-electron chi connectivity index (χ2n) is 5.92. The third-order valence-electron chi connectivity index (χ3n) is 4.02. The number of aromatic nitrogens is 1. The van der Waals surface area contributed by atoms with Gasteiger partial charge in [-0.3, -0.25) is 9.59 Å². The number of aryl methyl sites for hydroxylation is 2. The molecule has 0 saturated heterocycles. The molecule has 0 aliphatic carbocycles. The van der Waals surface area contributed by atoms with Crippen LogP contribution in [0.5, 0.6) is 0 Å². The molecule has 2 amide bonds. The lowest BCUT2D eigenvalue weighted by Crippen LogP contribution is -2.38. The van der Waals surface area contributed by atoms with Crippen LogP contribution in [0.15, 0.2) is 39.9 Å². The zero-order valence-electron chi connectivity index (χ0n) is 14.3. The summed E-state index contributed by atoms with van der Waals surface area (Å²) in [7, 11) is 0. The molecule has 2 heterocycles. The summed E-state index contributed by atoms with van der Waals surface area (Å²) >= 11 is 0. The van der Waals surface area contributed by atoms with Gasteiger partial charge in [0.05, 0.1) is 18.8 Å². The van der Waals surface area contributed by atoms with Crippen LogP contribution >= 0.6 is 0 Å². The molecule has 0 fully saturated rings. The van der Waals surface area contributed by atoms with Crippen LogP contribution in [0.25, 0.3) is 0 Å². The van der Waals surface area contributed by atoms with E-state index in [4.69, 9.17) is 4.42 Å². The van der Waals surface area contributed by atoms with Gasteiger partial charge in [-0.2, -0.15) is 5.10 Å². The van der Waals surface area contributed by atoms with E-state index < -0.39 is 0 Å². The zero-order valence-corrected chi connectivity index (χ0v) is 14.3. The van der Waals surface area contributed by atoms with Crippen LogP contribution in [-0.2, 0) is 22.7 Å². The maximum absolute atomic E-state index is 12.3. The van der Waals surface area contributed by atoms with Crippen LogP contribution in [0.2, 0.25) is 0 Å². The second kappa shape index (κ2) is 7.29. The van der Waals surface area contributed by atoms with Gasteiger partial charge in [-0.05, 0) is 19.4 Å². The van der Waals surface area contributed by atoms with Gasteiger partial charge in [-0.1, -0.05) is 30.3 Å². The van der Waals surface area contributed by atoms with E-state index in [2.05, 4.69) is 15.4 Å². The first-order chi connectivity index (χ1) is 12.0. The lowest BCUT2D eigenvalue weighted by Gasteiger charge is -2.23. The van der Waals surface area contributed by atoms with E-state index in [1.165, 1.54) is 5.01 Å². The minimum absolute atomic E-state index is 0.0839. The number of amides is 2. The largest absolute Gasteiger partial charge is 0.444 e. The molecule has 1 aromatic heterocycles. The first-order valence-electron chi connectivity index (χ1n) is 8.16. The van der Waals surface area contributed by atoms with E-state index >= 15 is 0 Å². The lowest BCUT2D eigenvalue weighted by atomic mass is 10.1. The van der Waals surface area contributed by atoms with Crippen molar-refractivity contribution in [3.05, 3.63) is 53.2 Å². The standard InChI is InChI=1S/C18H20N4O3/c1-12-13(2)25-16(20-12)10-19-18(24)15-8-9-17(23)22(21-15)11-14-6-4-3-5-7-14/h3-7H,8-11H2,1-2H3,(H,19,24). The third-order valence-corrected chi connectivity index (χ3v) is 4.02. The van der Waals surface area contributed by atoms with Gasteiger partial charge < -0.3 is 9.73 Å². The highest BCUT2D eigenvalue weighted by Crippen LogP contribution is 2.14. The minimum Gasteiger partial charge on any atom is -0.444 e. The van der Waals surface area contributed by atoms with Gasteiger partial charge >= 0.3 is 0 Å². The van der Waals surface area contributed by atoms with Gasteiger partial charge in [0.25, 0.3) is 5.91 Å². The summed E-state index contributed by atoms with van der Waals surface area (Å²) in [6.45, 7) is 4.22. The number of benzene rings is 1. The molecule has 0 saturated carbocycles. The molecule has 130 valence electrons. The van der Waals surface area contributed by atoms with Crippen molar-refractivity contribution in [1.82, 2.24) is 15.3 Å². The Morgan fingerprint density at radius 2 is 2.00 bits per heavy atom. The van der Waals surface area contributed by atoms with Crippen molar-refractivity contribution in [2.45, 2.75) is 39.8 Å². The van der Waals surface area contributed by atoms with Crippen LogP contribution in [0, 0.1) is 13.8 Å². The summed E-state index contributed by atoms with van der Waals surface area (Å²) in [6.07, 6.45) is 0.607. The average molecular weight is 340 g/mol. The van der Waals surface area contributed by atoms with E-state index in [9.17, 15) is 9.59 Å². The number of rotatable bonds is 5. The molecule has 7 nitrogen and oxygen atoms in total. The van der Waals surface area contributed by atoms with Gasteiger partial charge in [0.1, 0.15) is 11.5 Å². The molecule has 7 heteroatoms. The highest BCUT2D eigenvalue weighted by Gasteiger charge is 2.24. The second-order valence-corrected chi connectivity index (χ2v) is 5.92. The van der Waals surface area contributed by atoms with Crippen molar-refractivity contribution < 1.29 is 14.0 Å². The summed E-state index contributed by atoms with van der Waals surface area (Å²) in [5, 5.41) is 8.33. The molecule has 0 radical (unpaired) electrons. The van der Waals surface area contributed by atoms with E-state index in [1.54, 1.807) is 0 Å². The fraction of sp³-hybridized carbons (Fsp3) is 0.333. The fourth-order valence-electron chi connectivity index (χ4n) is 2.52. The lowest BCUT2D eigenvalue weighted by molar-refractivity contribution is -0.132. The number of hydrazone groups is 1. The van der Waals surface area contributed by atoms with E-state index in [1.807, 2.05) is 44.2 Å². The molecule has 0 bridgehead atoms. The zero-order chi connectivity index (χ0) is 17.8. The Balaban J connectivity index is 1.64. The third kappa shape index (κ3) is 4.12.